The van der Waals surface area contributed by atoms with Crippen LogP contribution in [-0.2, 0) is 0 Å². The molecule has 0 aromatic heterocycles. The maximum atomic E-state index is 2.62. The van der Waals surface area contributed by atoms with Crippen molar-refractivity contribution in [3.8, 4) is 0 Å². The molecule has 0 amide bonds. The molecule has 3 saturated carbocycles. The van der Waals surface area contributed by atoms with Crippen molar-refractivity contribution in [2.24, 2.45) is 0 Å². The van der Waals surface area contributed by atoms with E-state index in [9.17, 15) is 0 Å². The third kappa shape index (κ3) is 6.24. The van der Waals surface area contributed by atoms with Gasteiger partial charge in [-0.25, -0.2) is 0 Å². The first-order chi connectivity index (χ1) is 19.3. The van der Waals surface area contributed by atoms with Gasteiger partial charge in [-0.2, -0.15) is 0 Å². The molecule has 0 saturated heterocycles. The molecule has 5 radical (unpaired) electrons. The van der Waals surface area contributed by atoms with E-state index in [0.717, 1.165) is 11.3 Å². The first-order valence-corrected chi connectivity index (χ1v) is 18.2. The molecule has 1 atom stereocenters. The summed E-state index contributed by atoms with van der Waals surface area (Å²) in [6.45, 7) is 2.62. The highest BCUT2D eigenvalue weighted by atomic mass is 31.1. The van der Waals surface area contributed by atoms with Crippen molar-refractivity contribution in [1.29, 1.82) is 0 Å². The average molecular weight is 550 g/mol. The van der Waals surface area contributed by atoms with Gasteiger partial charge in [0.05, 0.1) is 0 Å². The van der Waals surface area contributed by atoms with E-state index in [1.54, 1.807) is 5.92 Å². The fourth-order valence-corrected chi connectivity index (χ4v) is 14.2. The van der Waals surface area contributed by atoms with E-state index < -0.39 is 7.92 Å². The Kier molecular flexibility index (Phi) is 9.55. The Hall–Kier alpha value is -1.48. The maximum Gasteiger partial charge on any atom is 0.0171 e. The van der Waals surface area contributed by atoms with Gasteiger partial charge in [-0.05, 0) is 97.2 Å². The Morgan fingerprint density at radius 1 is 0.590 bits per heavy atom. The predicted octanol–water partition coefficient (Wildman–Crippen LogP) is 9.10. The first kappa shape index (κ1) is 27.7. The zero-order valence-corrected chi connectivity index (χ0v) is 25.3. The molecule has 2 heteroatoms. The molecule has 0 bridgehead atoms. The fraction of sp³-hybridized carbons (Fsp3) is 0.378. The fourth-order valence-electron chi connectivity index (χ4n) is 7.37. The van der Waals surface area contributed by atoms with Gasteiger partial charge in [0.15, 0.2) is 0 Å². The largest absolute Gasteiger partial charge is 0.0968 e. The van der Waals surface area contributed by atoms with Crippen molar-refractivity contribution >= 4 is 31.8 Å². The molecule has 0 spiro atoms. The summed E-state index contributed by atoms with van der Waals surface area (Å²) in [4.78, 5) is 0. The highest BCUT2D eigenvalue weighted by Crippen LogP contribution is 2.63. The van der Waals surface area contributed by atoms with E-state index in [1.165, 1.54) is 91.6 Å². The van der Waals surface area contributed by atoms with Crippen LogP contribution in [0.1, 0.15) is 76.7 Å². The monoisotopic (exact) mass is 549 g/mol. The summed E-state index contributed by atoms with van der Waals surface area (Å²) in [5.74, 6) is 3.12. The highest BCUT2D eigenvalue weighted by molar-refractivity contribution is 7.80. The second kappa shape index (κ2) is 13.5. The van der Waals surface area contributed by atoms with E-state index in [-0.39, 0.29) is 7.92 Å². The lowest BCUT2D eigenvalue weighted by Gasteiger charge is -2.45. The Balaban J connectivity index is 1.36. The molecule has 0 nitrogen and oxygen atoms in total. The third-order valence-corrected chi connectivity index (χ3v) is 15.6. The highest BCUT2D eigenvalue weighted by Gasteiger charge is 2.43. The lowest BCUT2D eigenvalue weighted by atomic mass is 9.87. The van der Waals surface area contributed by atoms with Crippen molar-refractivity contribution < 1.29 is 0 Å². The maximum absolute atomic E-state index is 2.62. The Bertz CT molecular complexity index is 1090. The van der Waals surface area contributed by atoms with Crippen LogP contribution in [0.5, 0.6) is 0 Å². The summed E-state index contributed by atoms with van der Waals surface area (Å²) in [6.07, 6.45) is 21.9. The van der Waals surface area contributed by atoms with Crippen LogP contribution >= 0.6 is 15.8 Å². The smallest absolute Gasteiger partial charge is 0.0171 e. The number of benzene rings is 3. The first-order valence-electron chi connectivity index (χ1n) is 15.3. The SMILES string of the molecule is C[C@@H]([C]1[CH][CH][CH][C]1c1ccccc1P(c1ccccc1)c1ccccc1)P(C1CCCCC1)C1CCCCC1. The number of hydrogen-bond acceptors (Lipinski definition) is 0. The predicted molar refractivity (Wildman–Crippen MR) is 174 cm³/mol. The van der Waals surface area contributed by atoms with Gasteiger partial charge < -0.3 is 0 Å². The standard InChI is InChI=1S/C37H43P2/c1-29(38(30-17-6-2-7-18-30)31-19-8-3-9-20-31)34-26-16-27-35(34)36-25-14-15-28-37(36)39(32-21-10-4-11-22-32)33-23-12-5-13-24-33/h4-5,10-16,21-31H,2-3,6-9,17-20H2,1H3/t29-/m0/s1. The number of hydrogen-bond donors (Lipinski definition) is 0. The van der Waals surface area contributed by atoms with Gasteiger partial charge >= 0.3 is 0 Å². The quantitative estimate of drug-likeness (QED) is 0.246. The van der Waals surface area contributed by atoms with Gasteiger partial charge in [-0.1, -0.05) is 138 Å². The summed E-state index contributed by atoms with van der Waals surface area (Å²) in [5, 5.41) is 4.35. The molecule has 3 aliphatic carbocycles. The van der Waals surface area contributed by atoms with Crippen molar-refractivity contribution in [1.82, 2.24) is 0 Å². The molecular formula is C37H43P2. The number of rotatable bonds is 8. The van der Waals surface area contributed by atoms with Gasteiger partial charge in [0.2, 0.25) is 0 Å². The van der Waals surface area contributed by atoms with Crippen LogP contribution in [0.15, 0.2) is 84.9 Å². The van der Waals surface area contributed by atoms with Crippen molar-refractivity contribution in [3.05, 3.63) is 122 Å². The van der Waals surface area contributed by atoms with Gasteiger partial charge in [0, 0.05) is 5.92 Å². The van der Waals surface area contributed by atoms with Crippen LogP contribution in [0, 0.1) is 31.1 Å². The van der Waals surface area contributed by atoms with E-state index in [0.29, 0.717) is 5.66 Å². The Morgan fingerprint density at radius 3 is 1.67 bits per heavy atom. The minimum Gasteiger partial charge on any atom is -0.0968 e. The summed E-state index contributed by atoms with van der Waals surface area (Å²) in [7, 11) is -0.660. The van der Waals surface area contributed by atoms with Crippen LogP contribution < -0.4 is 15.9 Å². The van der Waals surface area contributed by atoms with E-state index in [2.05, 4.69) is 111 Å². The summed E-state index contributed by atoms with van der Waals surface area (Å²) in [6, 6.07) is 31.7. The average Bonchev–Trinajstić information content (AvgIpc) is 3.50. The molecule has 3 fully saturated rings. The minimum absolute atomic E-state index is 0.0227. The summed E-state index contributed by atoms with van der Waals surface area (Å²) >= 11 is 0. The zero-order chi connectivity index (χ0) is 26.4. The van der Waals surface area contributed by atoms with E-state index >= 15 is 0 Å². The molecule has 201 valence electrons. The lowest BCUT2D eigenvalue weighted by molar-refractivity contribution is 0.481. The van der Waals surface area contributed by atoms with Gasteiger partial charge in [-0.3, -0.25) is 0 Å². The van der Waals surface area contributed by atoms with Crippen molar-refractivity contribution in [2.75, 3.05) is 0 Å². The zero-order valence-electron chi connectivity index (χ0n) is 23.5. The molecule has 3 aromatic rings. The van der Waals surface area contributed by atoms with Crippen LogP contribution in [0.25, 0.3) is 0 Å². The molecule has 6 rings (SSSR count). The van der Waals surface area contributed by atoms with Crippen LogP contribution in [0.4, 0.5) is 0 Å². The second-order valence-electron chi connectivity index (χ2n) is 11.6. The minimum atomic E-state index is -0.637. The summed E-state index contributed by atoms with van der Waals surface area (Å²) in [5.41, 5.74) is 4.06. The van der Waals surface area contributed by atoms with Gasteiger partial charge in [-0.15, -0.1) is 0 Å². The molecule has 39 heavy (non-hydrogen) atoms. The molecule has 0 heterocycles. The molecule has 0 N–H and O–H groups in total. The van der Waals surface area contributed by atoms with E-state index in [1.807, 2.05) is 0 Å². The Morgan fingerprint density at radius 2 is 1.10 bits per heavy atom. The topological polar surface area (TPSA) is 0 Å². The summed E-state index contributed by atoms with van der Waals surface area (Å²) < 4.78 is 0. The van der Waals surface area contributed by atoms with Crippen LogP contribution in [0.2, 0.25) is 0 Å². The van der Waals surface area contributed by atoms with Gasteiger partial charge in [0.1, 0.15) is 0 Å². The second-order valence-corrected chi connectivity index (χ2v) is 16.9. The van der Waals surface area contributed by atoms with E-state index in [4.69, 9.17) is 0 Å². The van der Waals surface area contributed by atoms with Gasteiger partial charge in [0.25, 0.3) is 0 Å². The molecule has 3 aromatic carbocycles. The molecule has 0 aliphatic heterocycles. The molecule has 3 aliphatic rings. The van der Waals surface area contributed by atoms with Crippen molar-refractivity contribution in [2.45, 2.75) is 88.1 Å². The normalized spacial score (nSPS) is 21.1. The van der Waals surface area contributed by atoms with Crippen LogP contribution in [-0.4, -0.2) is 17.0 Å². The Labute approximate surface area is 240 Å². The van der Waals surface area contributed by atoms with Crippen LogP contribution in [0.3, 0.4) is 0 Å². The third-order valence-electron chi connectivity index (χ3n) is 9.20. The molecular weight excluding hydrogens is 506 g/mol. The molecule has 0 unspecified atom stereocenters. The lowest BCUT2D eigenvalue weighted by Crippen LogP contribution is -2.31. The van der Waals surface area contributed by atoms with Crippen molar-refractivity contribution in [3.63, 3.8) is 0 Å².